The van der Waals surface area contributed by atoms with Gasteiger partial charge >= 0.3 is 0 Å². The molecule has 2 aromatic carbocycles. The Balaban J connectivity index is 1.75. The number of allylic oxidation sites excluding steroid dienone is 2. The zero-order valence-electron chi connectivity index (χ0n) is 18.8. The molecule has 0 amide bonds. The van der Waals surface area contributed by atoms with E-state index >= 15 is 0 Å². The maximum Gasteiger partial charge on any atom is 0.0249 e. The maximum atomic E-state index is 3.18. The smallest absolute Gasteiger partial charge is 0.0249 e. The lowest BCUT2D eigenvalue weighted by Gasteiger charge is -2.01. The number of aryl methyl sites for hydroxylation is 2. The second-order valence-corrected chi connectivity index (χ2v) is 7.89. The third-order valence-corrected chi connectivity index (χ3v) is 5.23. The first-order valence-electron chi connectivity index (χ1n) is 11.7. The van der Waals surface area contributed by atoms with Crippen molar-refractivity contribution in [2.75, 3.05) is 0 Å². The summed E-state index contributed by atoms with van der Waals surface area (Å²) in [5.74, 6) is 12.5. The lowest BCUT2D eigenvalue weighted by atomic mass is 10.0. The van der Waals surface area contributed by atoms with Gasteiger partial charge in [-0.15, -0.1) is 0 Å². The van der Waals surface area contributed by atoms with Crippen molar-refractivity contribution in [2.45, 2.75) is 78.1 Å². The van der Waals surface area contributed by atoms with E-state index in [1.54, 1.807) is 0 Å². The summed E-state index contributed by atoms with van der Waals surface area (Å²) < 4.78 is 0. The third kappa shape index (κ3) is 10.2. The molecule has 30 heavy (non-hydrogen) atoms. The van der Waals surface area contributed by atoms with Crippen LogP contribution in [0.5, 0.6) is 0 Å². The molecule has 156 valence electrons. The van der Waals surface area contributed by atoms with E-state index in [9.17, 15) is 0 Å². The van der Waals surface area contributed by atoms with E-state index in [2.05, 4.69) is 86.1 Å². The fourth-order valence-corrected chi connectivity index (χ4v) is 3.35. The maximum absolute atomic E-state index is 3.18. The summed E-state index contributed by atoms with van der Waals surface area (Å²) in [6.07, 6.45) is 16.5. The van der Waals surface area contributed by atoms with E-state index in [4.69, 9.17) is 0 Å². The lowest BCUT2D eigenvalue weighted by Crippen LogP contribution is -1.86. The molecule has 0 heterocycles. The third-order valence-electron chi connectivity index (χ3n) is 5.23. The molecule has 0 aromatic heterocycles. The van der Waals surface area contributed by atoms with Gasteiger partial charge in [-0.3, -0.25) is 0 Å². The number of hydrogen-bond donors (Lipinski definition) is 0. The van der Waals surface area contributed by atoms with Gasteiger partial charge in [0.05, 0.1) is 0 Å². The summed E-state index contributed by atoms with van der Waals surface area (Å²) in [5.41, 5.74) is 4.92. The first-order valence-corrected chi connectivity index (χ1v) is 11.7. The fourth-order valence-electron chi connectivity index (χ4n) is 3.35. The zero-order chi connectivity index (χ0) is 21.3. The van der Waals surface area contributed by atoms with Crippen LogP contribution in [-0.4, -0.2) is 0 Å². The topological polar surface area (TPSA) is 0 Å². The Kier molecular flexibility index (Phi) is 11.9. The van der Waals surface area contributed by atoms with Gasteiger partial charge in [-0.1, -0.05) is 100 Å². The molecule has 2 rings (SSSR count). The van der Waals surface area contributed by atoms with Crippen LogP contribution in [0.15, 0.2) is 60.7 Å². The Morgan fingerprint density at radius 2 is 0.933 bits per heavy atom. The molecule has 0 atom stereocenters. The van der Waals surface area contributed by atoms with Crippen LogP contribution in [0.25, 0.3) is 0 Å². The van der Waals surface area contributed by atoms with Crippen molar-refractivity contribution >= 4 is 0 Å². The van der Waals surface area contributed by atoms with Gasteiger partial charge in [0.25, 0.3) is 0 Å². The summed E-state index contributed by atoms with van der Waals surface area (Å²) in [5, 5.41) is 0. The Morgan fingerprint density at radius 3 is 1.40 bits per heavy atom. The average Bonchev–Trinajstić information content (AvgIpc) is 2.78. The van der Waals surface area contributed by atoms with E-state index in [0.717, 1.165) is 17.5 Å². The van der Waals surface area contributed by atoms with Gasteiger partial charge < -0.3 is 0 Å². The molecule has 0 heteroatoms. The molecule has 0 aliphatic heterocycles. The van der Waals surface area contributed by atoms with Gasteiger partial charge in [-0.2, -0.15) is 0 Å². The second-order valence-electron chi connectivity index (χ2n) is 7.89. The van der Waals surface area contributed by atoms with E-state index in [1.165, 1.54) is 68.9 Å². The average molecular weight is 397 g/mol. The highest BCUT2D eigenvalue weighted by molar-refractivity contribution is 5.42. The van der Waals surface area contributed by atoms with Crippen LogP contribution in [0.3, 0.4) is 0 Å². The molecule has 0 aliphatic carbocycles. The van der Waals surface area contributed by atoms with Crippen molar-refractivity contribution in [3.8, 4) is 23.7 Å². The first-order chi connectivity index (χ1) is 14.8. The summed E-state index contributed by atoms with van der Waals surface area (Å²) in [4.78, 5) is 0. The molecule has 0 nitrogen and oxygen atoms in total. The van der Waals surface area contributed by atoms with Gasteiger partial charge in [0.1, 0.15) is 0 Å². The minimum atomic E-state index is 1.05. The Labute approximate surface area is 184 Å². The number of unbranched alkanes of at least 4 members (excludes halogenated alkanes) is 6. The molecule has 0 bridgehead atoms. The van der Waals surface area contributed by atoms with Crippen molar-refractivity contribution in [1.29, 1.82) is 0 Å². The van der Waals surface area contributed by atoms with E-state index in [1.807, 2.05) is 12.2 Å². The highest BCUT2D eigenvalue weighted by Crippen LogP contribution is 2.10. The van der Waals surface area contributed by atoms with E-state index < -0.39 is 0 Å². The Hall–Kier alpha value is -2.70. The van der Waals surface area contributed by atoms with Crippen molar-refractivity contribution in [3.05, 3.63) is 82.9 Å². The van der Waals surface area contributed by atoms with Crippen LogP contribution in [0.4, 0.5) is 0 Å². The molecule has 0 unspecified atom stereocenters. The minimum Gasteiger partial charge on any atom is -0.0689 e. The van der Waals surface area contributed by atoms with Gasteiger partial charge in [0.15, 0.2) is 0 Å². The van der Waals surface area contributed by atoms with Gasteiger partial charge in [-0.05, 0) is 73.2 Å². The molecule has 2 aromatic rings. The van der Waals surface area contributed by atoms with Crippen LogP contribution in [-0.2, 0) is 12.8 Å². The first kappa shape index (κ1) is 23.6. The lowest BCUT2D eigenvalue weighted by molar-refractivity contribution is 0.632. The van der Waals surface area contributed by atoms with Crippen molar-refractivity contribution in [2.24, 2.45) is 0 Å². The normalized spacial score (nSPS) is 10.3. The predicted octanol–water partition coefficient (Wildman–Crippen LogP) is 7.89. The van der Waals surface area contributed by atoms with E-state index in [-0.39, 0.29) is 0 Å². The van der Waals surface area contributed by atoms with Crippen LogP contribution in [0.1, 0.15) is 87.5 Å². The molecule has 0 radical (unpaired) electrons. The van der Waals surface area contributed by atoms with Crippen LogP contribution >= 0.6 is 0 Å². The highest BCUT2D eigenvalue weighted by Gasteiger charge is 1.95. The van der Waals surface area contributed by atoms with Gasteiger partial charge in [0.2, 0.25) is 0 Å². The molecular weight excluding hydrogens is 360 g/mol. The van der Waals surface area contributed by atoms with Gasteiger partial charge in [-0.25, -0.2) is 0 Å². The standard InChI is InChI=1S/C30H36/c1-3-5-7-8-12-16-28-23-25-30(26-24-28)18-14-10-9-13-17-29-21-19-27(20-22-29)15-11-6-4-2/h9-10,19-26H,3-8,11-12,15-16H2,1-2H3/b10-9+. The quantitative estimate of drug-likeness (QED) is 0.283. The van der Waals surface area contributed by atoms with Crippen LogP contribution < -0.4 is 0 Å². The molecule has 0 saturated carbocycles. The molecule has 0 N–H and O–H groups in total. The van der Waals surface area contributed by atoms with Crippen molar-refractivity contribution in [1.82, 2.24) is 0 Å². The summed E-state index contributed by atoms with van der Waals surface area (Å²) in [7, 11) is 0. The number of rotatable bonds is 10. The number of benzene rings is 2. The monoisotopic (exact) mass is 396 g/mol. The molecular formula is C30H36. The van der Waals surface area contributed by atoms with Gasteiger partial charge in [0, 0.05) is 11.1 Å². The van der Waals surface area contributed by atoms with Crippen LogP contribution in [0.2, 0.25) is 0 Å². The summed E-state index contributed by atoms with van der Waals surface area (Å²) in [6, 6.07) is 17.3. The van der Waals surface area contributed by atoms with E-state index in [0.29, 0.717) is 0 Å². The minimum absolute atomic E-state index is 1.05. The second kappa shape index (κ2) is 15.2. The van der Waals surface area contributed by atoms with Crippen molar-refractivity contribution in [3.63, 3.8) is 0 Å². The highest BCUT2D eigenvalue weighted by atomic mass is 14.0. The molecule has 0 fully saturated rings. The number of hydrogen-bond acceptors (Lipinski definition) is 0. The molecule has 0 aliphatic rings. The molecule has 0 saturated heterocycles. The predicted molar refractivity (Wildman–Crippen MR) is 131 cm³/mol. The Morgan fingerprint density at radius 1 is 0.533 bits per heavy atom. The van der Waals surface area contributed by atoms with Crippen LogP contribution in [0, 0.1) is 23.7 Å². The SMILES string of the molecule is CCCCCCCc1ccc(C#C/C=C/C#Cc2ccc(CCCCC)cc2)cc1. The van der Waals surface area contributed by atoms with Crippen molar-refractivity contribution < 1.29 is 0 Å². The fraction of sp³-hybridized carbons (Fsp3) is 0.400. The summed E-state index contributed by atoms with van der Waals surface area (Å²) in [6.45, 7) is 4.50. The Bertz CT molecular complexity index is 858. The largest absolute Gasteiger partial charge is 0.0689 e. The zero-order valence-corrected chi connectivity index (χ0v) is 18.8. The summed E-state index contributed by atoms with van der Waals surface area (Å²) >= 11 is 0. The molecule has 0 spiro atoms.